The molecule has 0 aromatic heterocycles. The van der Waals surface area contributed by atoms with Crippen LogP contribution in [0.2, 0.25) is 0 Å². The molecule has 2 heteroatoms. The molecule has 120 valence electrons. The molecule has 2 unspecified atom stereocenters. The predicted molar refractivity (Wildman–Crippen MR) is 89.9 cm³/mol. The molecule has 0 radical (unpaired) electrons. The summed E-state index contributed by atoms with van der Waals surface area (Å²) in [6.45, 7) is 15.1. The van der Waals surface area contributed by atoms with Gasteiger partial charge in [-0.3, -0.25) is 4.90 Å². The van der Waals surface area contributed by atoms with Crippen LogP contribution in [0.3, 0.4) is 0 Å². The fraction of sp³-hybridized carbons (Fsp3) is 1.00. The van der Waals surface area contributed by atoms with Gasteiger partial charge in [0.2, 0.25) is 0 Å². The molecular formula is C18H38N2. The average Bonchev–Trinajstić information content (AvgIpc) is 2.39. The van der Waals surface area contributed by atoms with Crippen molar-refractivity contribution in [3.8, 4) is 0 Å². The average molecular weight is 283 g/mol. The summed E-state index contributed by atoms with van der Waals surface area (Å²) in [6, 6.07) is 0.734. The van der Waals surface area contributed by atoms with Gasteiger partial charge in [-0.1, -0.05) is 47.5 Å². The molecule has 0 aromatic rings. The Balaban J connectivity index is 2.79. The van der Waals surface area contributed by atoms with Crippen molar-refractivity contribution < 1.29 is 0 Å². The molecule has 1 rings (SSSR count). The highest BCUT2D eigenvalue weighted by Gasteiger charge is 2.36. The van der Waals surface area contributed by atoms with Gasteiger partial charge in [-0.05, 0) is 49.5 Å². The van der Waals surface area contributed by atoms with E-state index in [9.17, 15) is 0 Å². The van der Waals surface area contributed by atoms with Crippen LogP contribution in [-0.2, 0) is 0 Å². The van der Waals surface area contributed by atoms with E-state index >= 15 is 0 Å². The van der Waals surface area contributed by atoms with Crippen molar-refractivity contribution >= 4 is 0 Å². The molecule has 0 aromatic carbocycles. The molecule has 0 amide bonds. The van der Waals surface area contributed by atoms with Gasteiger partial charge in [0.15, 0.2) is 0 Å². The smallest absolute Gasteiger partial charge is 0.00903 e. The highest BCUT2D eigenvalue weighted by atomic mass is 15.2. The summed E-state index contributed by atoms with van der Waals surface area (Å²) in [7, 11) is 0. The Kier molecular flexibility index (Phi) is 7.53. The van der Waals surface area contributed by atoms with Crippen molar-refractivity contribution in [2.24, 2.45) is 23.0 Å². The van der Waals surface area contributed by atoms with Crippen LogP contribution in [0.15, 0.2) is 0 Å². The lowest BCUT2D eigenvalue weighted by atomic mass is 9.69. The van der Waals surface area contributed by atoms with E-state index < -0.39 is 0 Å². The van der Waals surface area contributed by atoms with Crippen molar-refractivity contribution in [1.82, 2.24) is 4.90 Å². The predicted octanol–water partition coefficient (Wildman–Crippen LogP) is 4.29. The summed E-state index contributed by atoms with van der Waals surface area (Å²) in [5.74, 6) is 1.60. The molecule has 1 fully saturated rings. The zero-order chi connectivity index (χ0) is 15.2. The molecule has 2 nitrogen and oxygen atoms in total. The van der Waals surface area contributed by atoms with Gasteiger partial charge in [0.05, 0.1) is 0 Å². The van der Waals surface area contributed by atoms with Gasteiger partial charge in [0.1, 0.15) is 0 Å². The number of hydrogen-bond acceptors (Lipinski definition) is 2. The zero-order valence-corrected chi connectivity index (χ0v) is 14.6. The fourth-order valence-electron chi connectivity index (χ4n) is 4.21. The molecule has 0 aliphatic heterocycles. The number of nitrogens with two attached hydrogens (primary N) is 1. The SMILES string of the molecule is CCC(CC)N(CC(C)C)CC1(CN)CCCC(C)C1. The third-order valence-corrected chi connectivity index (χ3v) is 5.22. The van der Waals surface area contributed by atoms with E-state index in [4.69, 9.17) is 5.73 Å². The second-order valence-corrected chi connectivity index (χ2v) is 7.70. The Morgan fingerprint density at radius 3 is 2.35 bits per heavy atom. The molecular weight excluding hydrogens is 244 g/mol. The lowest BCUT2D eigenvalue weighted by molar-refractivity contribution is 0.0540. The summed E-state index contributed by atoms with van der Waals surface area (Å²) >= 11 is 0. The molecule has 1 aliphatic rings. The van der Waals surface area contributed by atoms with E-state index in [-0.39, 0.29) is 0 Å². The van der Waals surface area contributed by atoms with Crippen LogP contribution in [-0.4, -0.2) is 30.6 Å². The first-order chi connectivity index (χ1) is 9.46. The Morgan fingerprint density at radius 2 is 1.90 bits per heavy atom. The minimum Gasteiger partial charge on any atom is -0.330 e. The monoisotopic (exact) mass is 282 g/mol. The van der Waals surface area contributed by atoms with E-state index in [2.05, 4.69) is 39.5 Å². The zero-order valence-electron chi connectivity index (χ0n) is 14.6. The lowest BCUT2D eigenvalue weighted by Gasteiger charge is -2.45. The van der Waals surface area contributed by atoms with Crippen molar-refractivity contribution in [2.75, 3.05) is 19.6 Å². The maximum absolute atomic E-state index is 6.24. The normalized spacial score (nSPS) is 27.8. The molecule has 0 saturated heterocycles. The molecule has 0 bridgehead atoms. The molecule has 2 atom stereocenters. The molecule has 2 N–H and O–H groups in total. The molecule has 20 heavy (non-hydrogen) atoms. The Morgan fingerprint density at radius 1 is 1.25 bits per heavy atom. The van der Waals surface area contributed by atoms with Crippen LogP contribution in [0, 0.1) is 17.3 Å². The van der Waals surface area contributed by atoms with Gasteiger partial charge >= 0.3 is 0 Å². The summed E-state index contributed by atoms with van der Waals surface area (Å²) in [4.78, 5) is 2.76. The fourth-order valence-corrected chi connectivity index (χ4v) is 4.21. The second kappa shape index (κ2) is 8.38. The Hall–Kier alpha value is -0.0800. The van der Waals surface area contributed by atoms with Gasteiger partial charge in [0.25, 0.3) is 0 Å². The first-order valence-electron chi connectivity index (χ1n) is 8.90. The lowest BCUT2D eigenvalue weighted by Crippen LogP contribution is -2.49. The van der Waals surface area contributed by atoms with E-state index in [0.717, 1.165) is 24.4 Å². The quantitative estimate of drug-likeness (QED) is 0.719. The number of hydrogen-bond donors (Lipinski definition) is 1. The largest absolute Gasteiger partial charge is 0.330 e. The highest BCUT2D eigenvalue weighted by Crippen LogP contribution is 2.39. The van der Waals surface area contributed by atoms with Gasteiger partial charge in [-0.15, -0.1) is 0 Å². The van der Waals surface area contributed by atoms with Crippen LogP contribution in [0.25, 0.3) is 0 Å². The maximum Gasteiger partial charge on any atom is 0.00903 e. The van der Waals surface area contributed by atoms with Gasteiger partial charge in [-0.25, -0.2) is 0 Å². The summed E-state index contributed by atoms with van der Waals surface area (Å²) in [6.07, 6.45) is 7.97. The van der Waals surface area contributed by atoms with Crippen molar-refractivity contribution in [2.45, 2.75) is 79.2 Å². The molecule has 1 aliphatic carbocycles. The van der Waals surface area contributed by atoms with Crippen molar-refractivity contribution in [1.29, 1.82) is 0 Å². The second-order valence-electron chi connectivity index (χ2n) is 7.70. The topological polar surface area (TPSA) is 29.3 Å². The van der Waals surface area contributed by atoms with Crippen molar-refractivity contribution in [3.63, 3.8) is 0 Å². The van der Waals surface area contributed by atoms with E-state index in [1.165, 1.54) is 51.6 Å². The van der Waals surface area contributed by atoms with Gasteiger partial charge in [0, 0.05) is 19.1 Å². The highest BCUT2D eigenvalue weighted by molar-refractivity contribution is 4.90. The third-order valence-electron chi connectivity index (χ3n) is 5.22. The minimum absolute atomic E-state index is 0.384. The van der Waals surface area contributed by atoms with E-state index in [1.54, 1.807) is 0 Å². The van der Waals surface area contributed by atoms with Crippen LogP contribution < -0.4 is 5.73 Å². The molecule has 1 saturated carbocycles. The maximum atomic E-state index is 6.24. The van der Waals surface area contributed by atoms with Gasteiger partial charge in [-0.2, -0.15) is 0 Å². The van der Waals surface area contributed by atoms with Gasteiger partial charge < -0.3 is 5.73 Å². The number of rotatable bonds is 8. The molecule has 0 heterocycles. The van der Waals surface area contributed by atoms with Crippen LogP contribution in [0.5, 0.6) is 0 Å². The Bertz CT molecular complexity index is 260. The number of nitrogens with zero attached hydrogens (tertiary/aromatic N) is 1. The summed E-state index contributed by atoms with van der Waals surface area (Å²) in [5, 5.41) is 0. The standard InChI is InChI=1S/C18H38N2/c1-6-17(7-2)20(12-15(3)4)14-18(13-19)10-8-9-16(5)11-18/h15-17H,6-14,19H2,1-5H3. The van der Waals surface area contributed by atoms with Crippen molar-refractivity contribution in [3.05, 3.63) is 0 Å². The first kappa shape index (κ1) is 18.0. The first-order valence-corrected chi connectivity index (χ1v) is 8.90. The van der Waals surface area contributed by atoms with Crippen LogP contribution in [0.4, 0.5) is 0 Å². The van der Waals surface area contributed by atoms with E-state index in [0.29, 0.717) is 5.41 Å². The summed E-state index contributed by atoms with van der Waals surface area (Å²) < 4.78 is 0. The Labute approximate surface area is 127 Å². The van der Waals surface area contributed by atoms with Crippen LogP contribution >= 0.6 is 0 Å². The third kappa shape index (κ3) is 5.04. The summed E-state index contributed by atoms with van der Waals surface area (Å²) in [5.41, 5.74) is 6.62. The van der Waals surface area contributed by atoms with Crippen LogP contribution in [0.1, 0.15) is 73.1 Å². The minimum atomic E-state index is 0.384. The van der Waals surface area contributed by atoms with E-state index in [1.807, 2.05) is 0 Å². The molecule has 0 spiro atoms.